The molecule has 9 heteroatoms. The zero-order valence-corrected chi connectivity index (χ0v) is 21.0. The maximum atomic E-state index is 13.2. The molecule has 1 aliphatic heterocycles. The first-order valence-electron chi connectivity index (χ1n) is 12.1. The van der Waals surface area contributed by atoms with Crippen LogP contribution < -0.4 is 5.32 Å². The molecule has 1 saturated carbocycles. The lowest BCUT2D eigenvalue weighted by atomic mass is 9.77. The third-order valence-electron chi connectivity index (χ3n) is 7.45. The van der Waals surface area contributed by atoms with Gasteiger partial charge in [-0.25, -0.2) is 0 Å². The van der Waals surface area contributed by atoms with Crippen LogP contribution in [0.25, 0.3) is 0 Å². The van der Waals surface area contributed by atoms with Crippen LogP contribution in [0.5, 0.6) is 0 Å². The van der Waals surface area contributed by atoms with Gasteiger partial charge in [0.2, 0.25) is 5.91 Å². The molecule has 1 N–H and O–H groups in total. The standard InChI is InChI=1S/C25H35ClF3N3O2/c1-5-6-16-13-18(31(4)15(2)3)8-10-22(16)32-12-11-21(24(32)34)30-23(33)19-14-17(25(27,28)29)7-9-20(19)26/h7,9,14-16,18,21-22H,5-6,8,10-13H2,1-4H3,(H,30,33)/t16-,18-,21?,22+/m1/s1. The Morgan fingerprint density at radius 2 is 1.97 bits per heavy atom. The van der Waals surface area contributed by atoms with Crippen molar-refractivity contribution in [2.45, 2.75) is 89.6 Å². The van der Waals surface area contributed by atoms with Crippen molar-refractivity contribution < 1.29 is 22.8 Å². The van der Waals surface area contributed by atoms with Gasteiger partial charge in [0, 0.05) is 24.7 Å². The van der Waals surface area contributed by atoms with Gasteiger partial charge in [0.1, 0.15) is 6.04 Å². The molecule has 3 rings (SSSR count). The van der Waals surface area contributed by atoms with Gasteiger partial charge in [-0.15, -0.1) is 0 Å². The molecule has 2 fully saturated rings. The Morgan fingerprint density at radius 3 is 2.59 bits per heavy atom. The Bertz CT molecular complexity index is 893. The summed E-state index contributed by atoms with van der Waals surface area (Å²) in [4.78, 5) is 30.3. The lowest BCUT2D eigenvalue weighted by molar-refractivity contribution is -0.137. The van der Waals surface area contributed by atoms with E-state index in [4.69, 9.17) is 11.6 Å². The molecule has 34 heavy (non-hydrogen) atoms. The van der Waals surface area contributed by atoms with E-state index in [9.17, 15) is 22.8 Å². The number of halogens is 4. The summed E-state index contributed by atoms with van der Waals surface area (Å²) < 4.78 is 39.2. The van der Waals surface area contributed by atoms with Gasteiger partial charge in [-0.2, -0.15) is 13.2 Å². The van der Waals surface area contributed by atoms with Gasteiger partial charge >= 0.3 is 6.18 Å². The molecule has 5 nitrogen and oxygen atoms in total. The SMILES string of the molecule is CCC[C@@H]1C[C@H](N(C)C(C)C)CC[C@@H]1N1CCC(NC(=O)c2cc(C(F)(F)F)ccc2Cl)C1=O. The van der Waals surface area contributed by atoms with Crippen LogP contribution in [0.15, 0.2) is 18.2 Å². The minimum absolute atomic E-state index is 0.0802. The summed E-state index contributed by atoms with van der Waals surface area (Å²) in [6, 6.07) is 2.95. The predicted molar refractivity (Wildman–Crippen MR) is 127 cm³/mol. The Kier molecular flexibility index (Phi) is 8.56. The molecule has 0 radical (unpaired) electrons. The van der Waals surface area contributed by atoms with Crippen LogP contribution in [0.2, 0.25) is 5.02 Å². The monoisotopic (exact) mass is 501 g/mol. The summed E-state index contributed by atoms with van der Waals surface area (Å²) in [6.45, 7) is 7.07. The highest BCUT2D eigenvalue weighted by molar-refractivity contribution is 6.33. The normalized spacial score (nSPS) is 25.9. The Labute approximate surface area is 205 Å². The van der Waals surface area contributed by atoms with E-state index in [1.807, 2.05) is 4.90 Å². The first-order valence-corrected chi connectivity index (χ1v) is 12.5. The topological polar surface area (TPSA) is 52.6 Å². The third kappa shape index (κ3) is 5.88. The number of hydrogen-bond donors (Lipinski definition) is 1. The highest BCUT2D eigenvalue weighted by Crippen LogP contribution is 2.36. The van der Waals surface area contributed by atoms with Crippen molar-refractivity contribution in [3.8, 4) is 0 Å². The lowest BCUT2D eigenvalue weighted by Gasteiger charge is -2.44. The molecule has 1 aliphatic carbocycles. The third-order valence-corrected chi connectivity index (χ3v) is 7.78. The molecule has 2 amide bonds. The van der Waals surface area contributed by atoms with Crippen molar-refractivity contribution in [3.05, 3.63) is 34.3 Å². The average molecular weight is 502 g/mol. The van der Waals surface area contributed by atoms with Crippen molar-refractivity contribution in [1.29, 1.82) is 0 Å². The predicted octanol–water partition coefficient (Wildman–Crippen LogP) is 5.37. The molecule has 1 saturated heterocycles. The van der Waals surface area contributed by atoms with E-state index in [0.29, 0.717) is 31.0 Å². The fourth-order valence-electron chi connectivity index (χ4n) is 5.38. The maximum absolute atomic E-state index is 13.2. The lowest BCUT2D eigenvalue weighted by Crippen LogP contribution is -2.51. The number of likely N-dealkylation sites (tertiary alicyclic amines) is 1. The van der Waals surface area contributed by atoms with Crippen LogP contribution in [-0.4, -0.2) is 59.4 Å². The zero-order chi connectivity index (χ0) is 25.2. The van der Waals surface area contributed by atoms with Crippen molar-refractivity contribution in [3.63, 3.8) is 0 Å². The summed E-state index contributed by atoms with van der Waals surface area (Å²) in [6.07, 6.45) is 0.887. The van der Waals surface area contributed by atoms with Gasteiger partial charge < -0.3 is 15.1 Å². The maximum Gasteiger partial charge on any atom is 0.416 e. The number of rotatable bonds is 7. The van der Waals surface area contributed by atoms with Crippen molar-refractivity contribution in [2.75, 3.05) is 13.6 Å². The molecular formula is C25H35ClF3N3O2. The quantitative estimate of drug-likeness (QED) is 0.546. The molecule has 0 bridgehead atoms. The molecular weight excluding hydrogens is 467 g/mol. The van der Waals surface area contributed by atoms with Gasteiger partial charge in [0.25, 0.3) is 5.91 Å². The summed E-state index contributed by atoms with van der Waals surface area (Å²) in [5.41, 5.74) is -1.23. The number of nitrogens with zero attached hydrogens (tertiary/aromatic N) is 2. The summed E-state index contributed by atoms with van der Waals surface area (Å²) in [5.74, 6) is -0.525. The second-order valence-corrected chi connectivity index (χ2v) is 10.3. The van der Waals surface area contributed by atoms with Gasteiger partial charge in [0.05, 0.1) is 16.1 Å². The average Bonchev–Trinajstić information content (AvgIpc) is 3.12. The molecule has 2 aliphatic rings. The molecule has 190 valence electrons. The molecule has 1 heterocycles. The molecule has 1 aromatic carbocycles. The highest BCUT2D eigenvalue weighted by Gasteiger charge is 2.42. The van der Waals surface area contributed by atoms with Crippen LogP contribution in [0, 0.1) is 5.92 Å². The number of carbonyl (C=O) groups is 2. The van der Waals surface area contributed by atoms with Crippen LogP contribution in [0.4, 0.5) is 13.2 Å². The number of carbonyl (C=O) groups excluding carboxylic acids is 2. The second kappa shape index (κ2) is 10.9. The van der Waals surface area contributed by atoms with E-state index in [-0.39, 0.29) is 22.5 Å². The number of amides is 2. The van der Waals surface area contributed by atoms with E-state index in [0.717, 1.165) is 50.3 Å². The minimum atomic E-state index is -4.59. The van der Waals surface area contributed by atoms with E-state index in [1.54, 1.807) is 0 Å². The minimum Gasteiger partial charge on any atom is -0.340 e. The van der Waals surface area contributed by atoms with Gasteiger partial charge in [-0.05, 0) is 77.1 Å². The number of nitrogens with one attached hydrogen (secondary N) is 1. The number of hydrogen-bond acceptors (Lipinski definition) is 3. The zero-order valence-electron chi connectivity index (χ0n) is 20.3. The summed E-state index contributed by atoms with van der Waals surface area (Å²) in [5, 5.41) is 2.55. The molecule has 0 spiro atoms. The van der Waals surface area contributed by atoms with E-state index < -0.39 is 23.7 Å². The van der Waals surface area contributed by atoms with Gasteiger partial charge in [-0.3, -0.25) is 9.59 Å². The fraction of sp³-hybridized carbons (Fsp3) is 0.680. The van der Waals surface area contributed by atoms with Gasteiger partial charge in [0.15, 0.2) is 0 Å². The summed E-state index contributed by atoms with van der Waals surface area (Å²) >= 11 is 6.00. The van der Waals surface area contributed by atoms with Crippen molar-refractivity contribution >= 4 is 23.4 Å². The molecule has 1 unspecified atom stereocenters. The smallest absolute Gasteiger partial charge is 0.340 e. The van der Waals surface area contributed by atoms with Crippen LogP contribution in [0.3, 0.4) is 0 Å². The van der Waals surface area contributed by atoms with E-state index in [2.05, 4.69) is 38.0 Å². The van der Waals surface area contributed by atoms with Crippen LogP contribution >= 0.6 is 11.6 Å². The summed E-state index contributed by atoms with van der Waals surface area (Å²) in [7, 11) is 2.16. The van der Waals surface area contributed by atoms with Crippen LogP contribution in [0.1, 0.15) is 75.2 Å². The first-order chi connectivity index (χ1) is 15.9. The number of benzene rings is 1. The highest BCUT2D eigenvalue weighted by atomic mass is 35.5. The molecule has 0 aromatic heterocycles. The van der Waals surface area contributed by atoms with Crippen molar-refractivity contribution in [2.24, 2.45) is 5.92 Å². The Hall–Kier alpha value is -1.80. The Balaban J connectivity index is 1.69. The van der Waals surface area contributed by atoms with E-state index in [1.165, 1.54) is 0 Å². The molecule has 4 atom stereocenters. The van der Waals surface area contributed by atoms with Crippen LogP contribution in [-0.2, 0) is 11.0 Å². The van der Waals surface area contributed by atoms with E-state index >= 15 is 0 Å². The van der Waals surface area contributed by atoms with Gasteiger partial charge in [-0.1, -0.05) is 24.9 Å². The largest absolute Gasteiger partial charge is 0.416 e. The fourth-order valence-corrected chi connectivity index (χ4v) is 5.59. The number of alkyl halides is 3. The molecule has 1 aromatic rings. The first kappa shape index (κ1) is 26.8. The van der Waals surface area contributed by atoms with Crippen molar-refractivity contribution in [1.82, 2.24) is 15.1 Å². The second-order valence-electron chi connectivity index (χ2n) is 9.88. The Morgan fingerprint density at radius 1 is 1.26 bits per heavy atom.